The number of methoxy groups -OCH3 is 1. The standard InChI is InChI=1S/C16H16N2O6S/c1-8(15(21)22)24-12-9(5-4-6-11(12)23-3)7-10-13(19)17-16(25)18(2)14(10)20/h4-8H,1-3H3,(H,21,22)(H,17,19,25)/b10-7+/t8-/m0/s1. The summed E-state index contributed by atoms with van der Waals surface area (Å²) < 4.78 is 10.6. The highest BCUT2D eigenvalue weighted by Gasteiger charge is 2.31. The predicted octanol–water partition coefficient (Wildman–Crippen LogP) is 0.804. The van der Waals surface area contributed by atoms with Crippen LogP contribution in [0.1, 0.15) is 12.5 Å². The van der Waals surface area contributed by atoms with Crippen molar-refractivity contribution in [3.8, 4) is 11.5 Å². The number of rotatable bonds is 5. The van der Waals surface area contributed by atoms with Crippen molar-refractivity contribution in [2.45, 2.75) is 13.0 Å². The van der Waals surface area contributed by atoms with Crippen LogP contribution in [-0.2, 0) is 14.4 Å². The van der Waals surface area contributed by atoms with Gasteiger partial charge in [0.25, 0.3) is 11.8 Å². The topological polar surface area (TPSA) is 105 Å². The maximum absolute atomic E-state index is 12.3. The van der Waals surface area contributed by atoms with Gasteiger partial charge in [-0.15, -0.1) is 0 Å². The number of hydrogen-bond acceptors (Lipinski definition) is 6. The number of aliphatic carboxylic acids is 1. The molecule has 0 radical (unpaired) electrons. The molecule has 1 aromatic rings. The SMILES string of the molecule is COc1cccc(/C=C2\C(=O)NC(=S)N(C)C2=O)c1O[C@@H](C)C(=O)O. The molecule has 0 spiro atoms. The number of amides is 2. The van der Waals surface area contributed by atoms with Crippen LogP contribution in [0.5, 0.6) is 11.5 Å². The Morgan fingerprint density at radius 2 is 2.08 bits per heavy atom. The Morgan fingerprint density at radius 3 is 2.68 bits per heavy atom. The third-order valence-corrected chi connectivity index (χ3v) is 3.85. The molecular weight excluding hydrogens is 348 g/mol. The first-order valence-electron chi connectivity index (χ1n) is 7.17. The molecule has 2 N–H and O–H groups in total. The van der Waals surface area contributed by atoms with Crippen molar-refractivity contribution in [3.63, 3.8) is 0 Å². The Kier molecular flexibility index (Phi) is 5.38. The summed E-state index contributed by atoms with van der Waals surface area (Å²) in [6.45, 7) is 1.36. The van der Waals surface area contributed by atoms with E-state index in [1.165, 1.54) is 27.2 Å². The summed E-state index contributed by atoms with van der Waals surface area (Å²) in [5, 5.41) is 11.5. The molecule has 1 heterocycles. The molecule has 9 heteroatoms. The Balaban J connectivity index is 2.51. The number of hydrogen-bond donors (Lipinski definition) is 2. The summed E-state index contributed by atoms with van der Waals surface area (Å²) in [7, 11) is 2.84. The van der Waals surface area contributed by atoms with Crippen LogP contribution in [0.3, 0.4) is 0 Å². The van der Waals surface area contributed by atoms with Crippen LogP contribution < -0.4 is 14.8 Å². The van der Waals surface area contributed by atoms with Gasteiger partial charge in [0.05, 0.1) is 7.11 Å². The van der Waals surface area contributed by atoms with E-state index >= 15 is 0 Å². The number of benzene rings is 1. The second-order valence-corrected chi connectivity index (χ2v) is 5.55. The quantitative estimate of drug-likeness (QED) is 0.452. The van der Waals surface area contributed by atoms with Gasteiger partial charge in [-0.2, -0.15) is 0 Å². The molecule has 0 unspecified atom stereocenters. The highest BCUT2D eigenvalue weighted by atomic mass is 32.1. The van der Waals surface area contributed by atoms with E-state index < -0.39 is 23.9 Å². The van der Waals surface area contributed by atoms with E-state index in [1.54, 1.807) is 18.2 Å². The summed E-state index contributed by atoms with van der Waals surface area (Å²) in [5.41, 5.74) is 0.171. The number of carbonyl (C=O) groups is 3. The second kappa shape index (κ2) is 7.31. The minimum Gasteiger partial charge on any atom is -0.493 e. The number of nitrogens with one attached hydrogen (secondary N) is 1. The molecule has 1 aliphatic heterocycles. The average molecular weight is 364 g/mol. The molecule has 2 amide bonds. The third-order valence-electron chi connectivity index (χ3n) is 3.48. The van der Waals surface area contributed by atoms with Gasteiger partial charge in [0, 0.05) is 12.6 Å². The molecule has 1 atom stereocenters. The monoisotopic (exact) mass is 364 g/mol. The third kappa shape index (κ3) is 3.77. The largest absolute Gasteiger partial charge is 0.493 e. The van der Waals surface area contributed by atoms with Crippen molar-refractivity contribution in [1.29, 1.82) is 0 Å². The van der Waals surface area contributed by atoms with E-state index in [0.29, 0.717) is 5.56 Å². The lowest BCUT2D eigenvalue weighted by Gasteiger charge is -2.25. The molecule has 1 aliphatic rings. The maximum atomic E-state index is 12.3. The van der Waals surface area contributed by atoms with Crippen LogP contribution in [0.15, 0.2) is 23.8 Å². The Labute approximate surface area is 149 Å². The predicted molar refractivity (Wildman–Crippen MR) is 92.2 cm³/mol. The number of nitrogens with zero attached hydrogens (tertiary/aromatic N) is 1. The van der Waals surface area contributed by atoms with Gasteiger partial charge in [-0.25, -0.2) is 4.79 Å². The van der Waals surface area contributed by atoms with Gasteiger partial charge in [0.15, 0.2) is 22.7 Å². The van der Waals surface area contributed by atoms with E-state index in [1.807, 2.05) is 0 Å². The summed E-state index contributed by atoms with van der Waals surface area (Å²) >= 11 is 4.89. The molecular formula is C16H16N2O6S. The van der Waals surface area contributed by atoms with Crippen LogP contribution in [-0.4, -0.2) is 53.2 Å². The van der Waals surface area contributed by atoms with E-state index in [4.69, 9.17) is 26.8 Å². The summed E-state index contributed by atoms with van der Waals surface area (Å²) in [6, 6.07) is 4.78. The van der Waals surface area contributed by atoms with Crippen molar-refractivity contribution < 1.29 is 29.0 Å². The minimum atomic E-state index is -1.17. The fourth-order valence-electron chi connectivity index (χ4n) is 2.06. The molecule has 0 aromatic heterocycles. The molecule has 132 valence electrons. The number of carbonyl (C=O) groups excluding carboxylic acids is 2. The van der Waals surface area contributed by atoms with E-state index in [0.717, 1.165) is 4.90 Å². The molecule has 0 saturated carbocycles. The average Bonchev–Trinajstić information content (AvgIpc) is 2.57. The first-order chi connectivity index (χ1) is 11.8. The van der Waals surface area contributed by atoms with E-state index in [2.05, 4.69) is 5.32 Å². The van der Waals surface area contributed by atoms with E-state index in [9.17, 15) is 14.4 Å². The lowest BCUT2D eigenvalue weighted by molar-refractivity contribution is -0.144. The van der Waals surface area contributed by atoms with Crippen molar-refractivity contribution >= 4 is 41.2 Å². The summed E-state index contributed by atoms with van der Waals surface area (Å²) in [4.78, 5) is 36.6. The second-order valence-electron chi connectivity index (χ2n) is 5.16. The zero-order valence-electron chi connectivity index (χ0n) is 13.7. The lowest BCUT2D eigenvalue weighted by atomic mass is 10.1. The van der Waals surface area contributed by atoms with Crippen molar-refractivity contribution in [3.05, 3.63) is 29.3 Å². The molecule has 1 aromatic carbocycles. The van der Waals surface area contributed by atoms with Crippen LogP contribution >= 0.6 is 12.2 Å². The smallest absolute Gasteiger partial charge is 0.344 e. The highest BCUT2D eigenvalue weighted by Crippen LogP contribution is 2.34. The summed E-state index contributed by atoms with van der Waals surface area (Å²) in [5.74, 6) is -2.00. The Bertz CT molecular complexity index is 789. The zero-order chi connectivity index (χ0) is 18.7. The van der Waals surface area contributed by atoms with Crippen molar-refractivity contribution in [2.75, 3.05) is 14.2 Å². The fourth-order valence-corrected chi connectivity index (χ4v) is 2.24. The highest BCUT2D eigenvalue weighted by molar-refractivity contribution is 7.80. The van der Waals surface area contributed by atoms with Gasteiger partial charge in [-0.1, -0.05) is 12.1 Å². The Hall–Kier alpha value is -2.94. The molecule has 1 saturated heterocycles. The number of carboxylic acids is 1. The molecule has 2 rings (SSSR count). The maximum Gasteiger partial charge on any atom is 0.344 e. The van der Waals surface area contributed by atoms with Gasteiger partial charge in [0.1, 0.15) is 5.57 Å². The zero-order valence-corrected chi connectivity index (χ0v) is 14.5. The van der Waals surface area contributed by atoms with Crippen molar-refractivity contribution in [1.82, 2.24) is 10.2 Å². The number of carboxylic acid groups (broad SMARTS) is 1. The first kappa shape index (κ1) is 18.4. The van der Waals surface area contributed by atoms with Crippen LogP contribution in [0.2, 0.25) is 0 Å². The molecule has 1 fully saturated rings. The molecule has 25 heavy (non-hydrogen) atoms. The number of para-hydroxylation sites is 1. The number of likely N-dealkylation sites (N-methyl/N-ethyl adjacent to an activating group) is 1. The van der Waals surface area contributed by atoms with Crippen LogP contribution in [0.25, 0.3) is 6.08 Å². The van der Waals surface area contributed by atoms with Gasteiger partial charge in [-0.05, 0) is 31.3 Å². The normalized spacial score (nSPS) is 17.3. The Morgan fingerprint density at radius 1 is 1.40 bits per heavy atom. The lowest BCUT2D eigenvalue weighted by Crippen LogP contribution is -2.52. The van der Waals surface area contributed by atoms with Gasteiger partial charge < -0.3 is 14.6 Å². The van der Waals surface area contributed by atoms with Crippen molar-refractivity contribution in [2.24, 2.45) is 0 Å². The number of ether oxygens (including phenoxy) is 2. The first-order valence-corrected chi connectivity index (χ1v) is 7.58. The minimum absolute atomic E-state index is 0.00812. The molecule has 8 nitrogen and oxygen atoms in total. The van der Waals surface area contributed by atoms with E-state index in [-0.39, 0.29) is 22.2 Å². The molecule has 0 aliphatic carbocycles. The number of thiocarbonyl (C=S) groups is 1. The van der Waals surface area contributed by atoms with Gasteiger partial charge in [0.2, 0.25) is 0 Å². The van der Waals surface area contributed by atoms with Crippen LogP contribution in [0, 0.1) is 0 Å². The summed E-state index contributed by atoms with van der Waals surface area (Å²) in [6.07, 6.45) is 0.155. The van der Waals surface area contributed by atoms with Crippen LogP contribution in [0.4, 0.5) is 0 Å². The van der Waals surface area contributed by atoms with Gasteiger partial charge >= 0.3 is 5.97 Å². The fraction of sp³-hybridized carbons (Fsp3) is 0.250. The van der Waals surface area contributed by atoms with Gasteiger partial charge in [-0.3, -0.25) is 19.8 Å². The molecule has 0 bridgehead atoms.